The fourth-order valence-electron chi connectivity index (χ4n) is 3.79. The Morgan fingerprint density at radius 2 is 1.93 bits per heavy atom. The molecule has 0 unspecified atom stereocenters. The van der Waals surface area contributed by atoms with Crippen molar-refractivity contribution in [1.82, 2.24) is 25.1 Å². The number of carbonyl (C=O) groups excluding carboxylic acids is 1. The van der Waals surface area contributed by atoms with Crippen LogP contribution in [0.25, 0.3) is 0 Å². The van der Waals surface area contributed by atoms with Crippen molar-refractivity contribution in [3.8, 4) is 0 Å². The van der Waals surface area contributed by atoms with Gasteiger partial charge in [0.15, 0.2) is 5.69 Å². The predicted molar refractivity (Wildman–Crippen MR) is 106 cm³/mol. The van der Waals surface area contributed by atoms with Gasteiger partial charge in [-0.3, -0.25) is 9.89 Å². The lowest BCUT2D eigenvalue weighted by molar-refractivity contribution is 0.0643. The molecule has 1 saturated heterocycles. The van der Waals surface area contributed by atoms with E-state index in [0.29, 0.717) is 5.69 Å². The monoisotopic (exact) mass is 370 g/mol. The Morgan fingerprint density at radius 3 is 2.48 bits per heavy atom. The summed E-state index contributed by atoms with van der Waals surface area (Å²) < 4.78 is 0. The minimum Gasteiger partial charge on any atom is -0.356 e. The number of H-pyrrole nitrogens is 1. The van der Waals surface area contributed by atoms with Crippen LogP contribution in [0.5, 0.6) is 0 Å². The molecular weight excluding hydrogens is 340 g/mol. The van der Waals surface area contributed by atoms with Gasteiger partial charge in [-0.05, 0) is 47.0 Å². The van der Waals surface area contributed by atoms with E-state index in [1.165, 1.54) is 0 Å². The molecule has 146 valence electrons. The van der Waals surface area contributed by atoms with E-state index in [1.807, 2.05) is 38.7 Å². The van der Waals surface area contributed by atoms with E-state index in [4.69, 9.17) is 0 Å². The Bertz CT molecular complexity index is 787. The molecule has 0 aliphatic carbocycles. The molecule has 1 aliphatic heterocycles. The molecule has 1 amide bonds. The summed E-state index contributed by atoms with van der Waals surface area (Å²) in [7, 11) is 0. The van der Waals surface area contributed by atoms with Crippen molar-refractivity contribution in [2.24, 2.45) is 0 Å². The van der Waals surface area contributed by atoms with Crippen LogP contribution in [-0.4, -0.2) is 56.6 Å². The second-order valence-electron chi connectivity index (χ2n) is 7.45. The van der Waals surface area contributed by atoms with Crippen LogP contribution in [0, 0.1) is 27.7 Å². The fraction of sp³-hybridized carbons (Fsp3) is 0.600. The second-order valence-corrected chi connectivity index (χ2v) is 7.45. The summed E-state index contributed by atoms with van der Waals surface area (Å²) in [5.41, 5.74) is 3.46. The lowest BCUT2D eigenvalue weighted by Gasteiger charge is -2.39. The second kappa shape index (κ2) is 8.06. The van der Waals surface area contributed by atoms with Gasteiger partial charge < -0.3 is 9.80 Å². The van der Waals surface area contributed by atoms with Gasteiger partial charge >= 0.3 is 0 Å². The van der Waals surface area contributed by atoms with Gasteiger partial charge in [-0.2, -0.15) is 5.10 Å². The number of aromatic amines is 1. The molecule has 3 rings (SSSR count). The number of amides is 1. The molecule has 0 atom stereocenters. The van der Waals surface area contributed by atoms with Crippen LogP contribution in [0.15, 0.2) is 6.07 Å². The van der Waals surface area contributed by atoms with Gasteiger partial charge in [-0.25, -0.2) is 9.97 Å². The van der Waals surface area contributed by atoms with Gasteiger partial charge in [-0.15, -0.1) is 0 Å². The molecule has 2 aromatic heterocycles. The van der Waals surface area contributed by atoms with Crippen LogP contribution >= 0.6 is 0 Å². The highest BCUT2D eigenvalue weighted by molar-refractivity contribution is 5.94. The first-order valence-electron chi connectivity index (χ1n) is 9.80. The minimum absolute atomic E-state index is 0.0471. The van der Waals surface area contributed by atoms with Crippen LogP contribution in [0.1, 0.15) is 59.5 Å². The van der Waals surface area contributed by atoms with Gasteiger partial charge in [0.1, 0.15) is 11.6 Å². The summed E-state index contributed by atoms with van der Waals surface area (Å²) in [6.07, 6.45) is 2.82. The zero-order valence-electron chi connectivity index (χ0n) is 17.0. The number of hydrogen-bond acceptors (Lipinski definition) is 5. The first-order chi connectivity index (χ1) is 12.9. The summed E-state index contributed by atoms with van der Waals surface area (Å²) in [6.45, 7) is 12.5. The van der Waals surface area contributed by atoms with E-state index >= 15 is 0 Å². The summed E-state index contributed by atoms with van der Waals surface area (Å²) >= 11 is 0. The number of nitrogens with zero attached hydrogens (tertiary/aromatic N) is 5. The van der Waals surface area contributed by atoms with Crippen molar-refractivity contribution in [2.75, 3.05) is 24.5 Å². The molecule has 2 aromatic rings. The van der Waals surface area contributed by atoms with E-state index in [2.05, 4.69) is 32.0 Å². The van der Waals surface area contributed by atoms with E-state index in [1.54, 1.807) is 0 Å². The smallest absolute Gasteiger partial charge is 0.274 e. The topological polar surface area (TPSA) is 78.0 Å². The van der Waals surface area contributed by atoms with E-state index < -0.39 is 0 Å². The molecule has 1 fully saturated rings. The molecule has 0 radical (unpaired) electrons. The first-order valence-corrected chi connectivity index (χ1v) is 9.80. The van der Waals surface area contributed by atoms with Crippen molar-refractivity contribution in [3.05, 3.63) is 34.5 Å². The summed E-state index contributed by atoms with van der Waals surface area (Å²) in [5, 5.41) is 7.19. The Balaban J connectivity index is 1.71. The third-order valence-corrected chi connectivity index (χ3v) is 5.36. The normalized spacial score (nSPS) is 15.2. The van der Waals surface area contributed by atoms with Crippen molar-refractivity contribution in [1.29, 1.82) is 0 Å². The maximum Gasteiger partial charge on any atom is 0.274 e. The third-order valence-electron chi connectivity index (χ3n) is 5.36. The lowest BCUT2D eigenvalue weighted by atomic mass is 10.0. The maximum absolute atomic E-state index is 13.1. The summed E-state index contributed by atoms with van der Waals surface area (Å²) in [5.74, 6) is 1.84. The minimum atomic E-state index is 0.0471. The summed E-state index contributed by atoms with van der Waals surface area (Å²) in [6, 6.07) is 2.28. The number of hydrogen-bond donors (Lipinski definition) is 1. The lowest BCUT2D eigenvalue weighted by Crippen LogP contribution is -2.48. The van der Waals surface area contributed by atoms with Crippen LogP contribution in [0.3, 0.4) is 0 Å². The number of aryl methyl sites for hydroxylation is 3. The first kappa shape index (κ1) is 19.3. The largest absolute Gasteiger partial charge is 0.356 e. The SMILES string of the molecule is CCCN(C(=O)c1n[nH]c(C)c1C)C1CCN(c2cc(C)nc(C)n2)CC1. The number of piperidine rings is 1. The molecule has 3 heterocycles. The number of aromatic nitrogens is 4. The molecule has 7 nitrogen and oxygen atoms in total. The van der Waals surface area contributed by atoms with E-state index in [-0.39, 0.29) is 11.9 Å². The number of nitrogens with one attached hydrogen (secondary N) is 1. The Hall–Kier alpha value is -2.44. The fourth-order valence-corrected chi connectivity index (χ4v) is 3.79. The number of carbonyl (C=O) groups is 1. The molecule has 1 aliphatic rings. The van der Waals surface area contributed by atoms with Gasteiger partial charge in [0.05, 0.1) is 0 Å². The van der Waals surface area contributed by atoms with Gasteiger partial charge in [0.25, 0.3) is 5.91 Å². The standard InChI is InChI=1S/C20H30N6O/c1-6-9-26(20(27)19-14(3)15(4)23-24-19)17-7-10-25(11-8-17)18-12-13(2)21-16(5)22-18/h12,17H,6-11H2,1-5H3,(H,23,24). The molecule has 0 saturated carbocycles. The van der Waals surface area contributed by atoms with Crippen LogP contribution in [-0.2, 0) is 0 Å². The number of anilines is 1. The van der Waals surface area contributed by atoms with Crippen molar-refractivity contribution in [2.45, 2.75) is 59.9 Å². The van der Waals surface area contributed by atoms with Crippen LogP contribution < -0.4 is 4.90 Å². The van der Waals surface area contributed by atoms with Gasteiger partial charge in [-0.1, -0.05) is 6.92 Å². The highest BCUT2D eigenvalue weighted by Gasteiger charge is 2.30. The third kappa shape index (κ3) is 4.12. The Morgan fingerprint density at radius 1 is 1.22 bits per heavy atom. The van der Waals surface area contributed by atoms with Crippen LogP contribution in [0.4, 0.5) is 5.82 Å². The van der Waals surface area contributed by atoms with Crippen molar-refractivity contribution < 1.29 is 4.79 Å². The van der Waals surface area contributed by atoms with Gasteiger partial charge in [0, 0.05) is 48.7 Å². The van der Waals surface area contributed by atoms with Crippen molar-refractivity contribution in [3.63, 3.8) is 0 Å². The summed E-state index contributed by atoms with van der Waals surface area (Å²) in [4.78, 5) is 26.4. The quantitative estimate of drug-likeness (QED) is 0.875. The predicted octanol–water partition coefficient (Wildman–Crippen LogP) is 2.95. The van der Waals surface area contributed by atoms with Crippen molar-refractivity contribution >= 4 is 11.7 Å². The molecule has 0 spiro atoms. The highest BCUT2D eigenvalue weighted by atomic mass is 16.2. The zero-order valence-corrected chi connectivity index (χ0v) is 17.0. The van der Waals surface area contributed by atoms with Crippen LogP contribution in [0.2, 0.25) is 0 Å². The molecule has 0 aromatic carbocycles. The molecule has 0 bridgehead atoms. The zero-order chi connectivity index (χ0) is 19.6. The van der Waals surface area contributed by atoms with Gasteiger partial charge in [0.2, 0.25) is 0 Å². The van der Waals surface area contributed by atoms with E-state index in [0.717, 1.165) is 67.5 Å². The molecular formula is C20H30N6O. The highest BCUT2D eigenvalue weighted by Crippen LogP contribution is 2.24. The molecule has 27 heavy (non-hydrogen) atoms. The molecule has 7 heteroatoms. The average Bonchev–Trinajstić information content (AvgIpc) is 2.97. The Kier molecular flexibility index (Phi) is 5.77. The maximum atomic E-state index is 13.1. The average molecular weight is 371 g/mol. The Labute approximate surface area is 161 Å². The molecule has 1 N–H and O–H groups in total. The number of rotatable bonds is 5. The van der Waals surface area contributed by atoms with E-state index in [9.17, 15) is 4.79 Å².